The summed E-state index contributed by atoms with van der Waals surface area (Å²) in [7, 11) is 0. The Morgan fingerprint density at radius 3 is 2.92 bits per heavy atom. The van der Waals surface area contributed by atoms with Crippen molar-refractivity contribution in [2.45, 2.75) is 0 Å². The molecule has 0 aromatic heterocycles. The van der Waals surface area contributed by atoms with E-state index in [9.17, 15) is 9.70 Å². The minimum atomic E-state index is -2.88. The number of nitrogens with zero attached hydrogens (tertiary/aromatic N) is 2. The Balaban J connectivity index is 4.60. The van der Waals surface area contributed by atoms with E-state index in [-0.39, 0.29) is 5.01 Å². The molecule has 0 rings (SSSR count). The molecule has 0 aliphatic carbocycles. The molecule has 12 heavy (non-hydrogen) atoms. The van der Waals surface area contributed by atoms with Gasteiger partial charge in [0, 0.05) is 15.1 Å². The van der Waals surface area contributed by atoms with Crippen LogP contribution in [0.25, 0.3) is 0 Å². The van der Waals surface area contributed by atoms with Gasteiger partial charge >= 0.3 is 6.03 Å². The number of aliphatic hydroxyl groups is 1. The zero-order chi connectivity index (χ0) is 13.0. The maximum Gasteiger partial charge on any atom is 0.340 e. The minimum absolute atomic E-state index is 0.209. The van der Waals surface area contributed by atoms with Crippen molar-refractivity contribution >= 4 is 17.6 Å². The van der Waals surface area contributed by atoms with Crippen LogP contribution in [0.2, 0.25) is 0 Å². The molecule has 0 radical (unpaired) electrons. The van der Waals surface area contributed by atoms with Crippen LogP contribution in [0, 0.1) is 4.91 Å². The summed E-state index contributed by atoms with van der Waals surface area (Å²) in [6.07, 6.45) is 0. The van der Waals surface area contributed by atoms with E-state index < -0.39 is 31.5 Å². The Kier molecular flexibility index (Phi) is 3.24. The number of halogens is 1. The van der Waals surface area contributed by atoms with Gasteiger partial charge in [0.05, 0.1) is 21.2 Å². The van der Waals surface area contributed by atoms with E-state index in [4.69, 9.17) is 22.2 Å². The Morgan fingerprint density at radius 2 is 2.50 bits per heavy atom. The number of nitroso groups, excluding NO2 is 1. The van der Waals surface area contributed by atoms with Gasteiger partial charge in [-0.3, -0.25) is 0 Å². The van der Waals surface area contributed by atoms with Crippen molar-refractivity contribution in [3.05, 3.63) is 4.91 Å². The predicted octanol–water partition coefficient (Wildman–Crippen LogP) is -0.0895. The molecule has 2 N–H and O–H groups in total. The highest BCUT2D eigenvalue weighted by molar-refractivity contribution is 6.18. The van der Waals surface area contributed by atoms with Crippen LogP contribution in [0.1, 0.15) is 5.48 Å². The van der Waals surface area contributed by atoms with Crippen LogP contribution in [0.4, 0.5) is 4.79 Å². The molecule has 7 heteroatoms. The van der Waals surface area contributed by atoms with Gasteiger partial charge in [0.2, 0.25) is 0 Å². The molecule has 0 aromatic carbocycles. The van der Waals surface area contributed by atoms with Crippen LogP contribution >= 0.6 is 11.6 Å². The monoisotopic (exact) mass is 199 g/mol. The molecule has 0 unspecified atom stereocenters. The number of hydrogen-bond donors (Lipinski definition) is 2. The lowest BCUT2D eigenvalue weighted by atomic mass is 10.6. The highest BCUT2D eigenvalue weighted by Gasteiger charge is 2.11. The first kappa shape index (κ1) is 5.71. The summed E-state index contributed by atoms with van der Waals surface area (Å²) in [6.45, 7) is -3.86. The lowest BCUT2D eigenvalue weighted by Gasteiger charge is -2.11. The highest BCUT2D eigenvalue weighted by atomic mass is 35.5. The van der Waals surface area contributed by atoms with Gasteiger partial charge in [0.1, 0.15) is 0 Å². The van der Waals surface area contributed by atoms with Crippen LogP contribution in [-0.2, 0) is 0 Å². The molecule has 0 spiro atoms. The fourth-order valence-corrected chi connectivity index (χ4v) is 0.463. The van der Waals surface area contributed by atoms with Crippen molar-refractivity contribution in [3.8, 4) is 0 Å². The third-order valence-corrected chi connectivity index (χ3v) is 0.956. The SMILES string of the molecule is [2H]C([2H])(Cl)C([2H])([2H])NC(=O)N(CCO)N=O. The zero-order valence-corrected chi connectivity index (χ0v) is 6.71. The van der Waals surface area contributed by atoms with Crippen molar-refractivity contribution < 1.29 is 15.4 Å². The van der Waals surface area contributed by atoms with Crippen LogP contribution < -0.4 is 5.32 Å². The average molecular weight is 200 g/mol. The quantitative estimate of drug-likeness (QED) is 0.369. The molecule has 0 aliphatic rings. The molecule has 0 aliphatic heterocycles. The van der Waals surface area contributed by atoms with Crippen molar-refractivity contribution in [2.75, 3.05) is 25.5 Å². The Labute approximate surface area is 80.1 Å². The van der Waals surface area contributed by atoms with Gasteiger partial charge in [-0.25, -0.2) is 4.79 Å². The maximum absolute atomic E-state index is 11.2. The highest BCUT2D eigenvalue weighted by Crippen LogP contribution is 1.88. The van der Waals surface area contributed by atoms with Gasteiger partial charge in [-0.05, 0) is 0 Å². The fourth-order valence-electron chi connectivity index (χ4n) is 0.416. The van der Waals surface area contributed by atoms with E-state index in [2.05, 4.69) is 5.29 Å². The number of carbonyl (C=O) groups is 1. The summed E-state index contributed by atoms with van der Waals surface area (Å²) in [6, 6.07) is -1.29. The summed E-state index contributed by atoms with van der Waals surface area (Å²) in [5, 5.41) is 12.4. The molecule has 0 aromatic rings. The van der Waals surface area contributed by atoms with Crippen LogP contribution in [0.3, 0.4) is 0 Å². The van der Waals surface area contributed by atoms with Gasteiger partial charge in [-0.15, -0.1) is 16.5 Å². The van der Waals surface area contributed by atoms with Crippen molar-refractivity contribution in [2.24, 2.45) is 5.29 Å². The topological polar surface area (TPSA) is 82.0 Å². The second-order valence-corrected chi connectivity index (χ2v) is 1.77. The van der Waals surface area contributed by atoms with Crippen molar-refractivity contribution in [1.29, 1.82) is 0 Å². The number of amides is 2. The molecule has 0 saturated heterocycles. The summed E-state index contributed by atoms with van der Waals surface area (Å²) in [5.41, 5.74) is 0. The summed E-state index contributed by atoms with van der Waals surface area (Å²) >= 11 is 5.06. The number of nitrogens with one attached hydrogen (secondary N) is 1. The van der Waals surface area contributed by atoms with Crippen LogP contribution in [0.5, 0.6) is 0 Å². The van der Waals surface area contributed by atoms with Gasteiger partial charge < -0.3 is 10.4 Å². The summed E-state index contributed by atoms with van der Waals surface area (Å²) in [5.74, 6) is -2.85. The third-order valence-electron chi connectivity index (χ3n) is 0.861. The molecule has 0 heterocycles. The second-order valence-electron chi connectivity index (χ2n) is 1.58. The molecule has 6 nitrogen and oxygen atoms in total. The predicted molar refractivity (Wildman–Crippen MR) is 43.7 cm³/mol. The molecule has 2 amide bonds. The van der Waals surface area contributed by atoms with E-state index >= 15 is 0 Å². The molecular weight excluding hydrogens is 186 g/mol. The number of urea groups is 1. The van der Waals surface area contributed by atoms with E-state index in [1.807, 2.05) is 0 Å². The van der Waals surface area contributed by atoms with Gasteiger partial charge in [-0.1, -0.05) is 0 Å². The Hall–Kier alpha value is -0.880. The number of rotatable bonds is 5. The molecule has 0 saturated carbocycles. The minimum Gasteiger partial charge on any atom is -0.394 e. The van der Waals surface area contributed by atoms with Crippen molar-refractivity contribution in [1.82, 2.24) is 10.3 Å². The third kappa shape index (κ3) is 4.09. The Morgan fingerprint density at radius 1 is 1.83 bits per heavy atom. The second kappa shape index (κ2) is 6.81. The fraction of sp³-hybridized carbons (Fsp3) is 0.800. The zero-order valence-electron chi connectivity index (χ0n) is 9.95. The lowest BCUT2D eigenvalue weighted by Crippen LogP contribution is -2.38. The van der Waals surface area contributed by atoms with Crippen molar-refractivity contribution in [3.63, 3.8) is 0 Å². The normalized spacial score (nSPS) is 16.5. The number of carbonyl (C=O) groups excluding carboxylic acids is 1. The smallest absolute Gasteiger partial charge is 0.340 e. The first-order valence-corrected chi connectivity index (χ1v) is 3.26. The molecule has 0 atom stereocenters. The largest absolute Gasteiger partial charge is 0.394 e. The first-order valence-electron chi connectivity index (χ1n) is 4.88. The van der Waals surface area contributed by atoms with Gasteiger partial charge in [-0.2, -0.15) is 5.01 Å². The van der Waals surface area contributed by atoms with Gasteiger partial charge in [0.15, 0.2) is 0 Å². The molecule has 0 bridgehead atoms. The first-order chi connectivity index (χ1) is 7.15. The van der Waals surface area contributed by atoms with E-state index in [0.29, 0.717) is 0 Å². The van der Waals surface area contributed by atoms with E-state index in [0.717, 1.165) is 0 Å². The average Bonchev–Trinajstić information content (AvgIpc) is 2.11. The molecular formula is C5H10ClN3O3. The lowest BCUT2D eigenvalue weighted by molar-refractivity contribution is 0.179. The number of alkyl halides is 1. The van der Waals surface area contributed by atoms with Crippen LogP contribution in [0.15, 0.2) is 5.29 Å². The van der Waals surface area contributed by atoms with Gasteiger partial charge in [0.25, 0.3) is 0 Å². The number of aliphatic hydroxyl groups excluding tert-OH is 1. The maximum atomic E-state index is 11.2. The molecule has 70 valence electrons. The molecule has 0 fully saturated rings. The Bertz CT molecular complexity index is 272. The summed E-state index contributed by atoms with van der Waals surface area (Å²) < 4.78 is 28.0. The van der Waals surface area contributed by atoms with E-state index in [1.54, 1.807) is 5.32 Å². The van der Waals surface area contributed by atoms with Crippen LogP contribution in [-0.4, -0.2) is 41.6 Å². The number of hydrogen-bond acceptors (Lipinski definition) is 4. The van der Waals surface area contributed by atoms with E-state index in [1.165, 1.54) is 0 Å². The standard InChI is InChI=1S/C5H10ClN3O3/c6-1-2-7-5(11)9(8-12)3-4-10/h10H,1-4H2,(H,7,11)/i1D2,2D2. The summed E-state index contributed by atoms with van der Waals surface area (Å²) in [4.78, 5) is 21.3.